The molecule has 0 amide bonds. The molecule has 0 bridgehead atoms. The number of hydrogen-bond donors (Lipinski definition) is 2. The third-order valence-corrected chi connectivity index (χ3v) is 4.37. The van der Waals surface area contributed by atoms with Crippen LogP contribution < -0.4 is 24.8 Å². The summed E-state index contributed by atoms with van der Waals surface area (Å²) >= 11 is 0. The Morgan fingerprint density at radius 2 is 1.48 bits per heavy atom. The quantitative estimate of drug-likeness (QED) is 0.583. The van der Waals surface area contributed by atoms with Crippen LogP contribution in [0.5, 0.6) is 17.2 Å². The molecule has 2 N–H and O–H groups in total. The first-order valence-electron chi connectivity index (χ1n) is 9.24. The van der Waals surface area contributed by atoms with E-state index >= 15 is 0 Å². The summed E-state index contributed by atoms with van der Waals surface area (Å²) < 4.78 is 16.2. The highest BCUT2D eigenvalue weighted by molar-refractivity contribution is 5.66. The Morgan fingerprint density at radius 1 is 0.828 bits per heavy atom. The number of hydrogen-bond acceptors (Lipinski definition) is 7. The standard InChI is InChI=1S/C22H26N4O3/c1-14-6-8-16(9-7-14)13-23-20-10-15(2)24-22(26-20)25-17-11-18(27-3)21(29-5)19(12-17)28-4/h6-12H,13H2,1-5H3,(H2,23,24,25,26). The summed E-state index contributed by atoms with van der Waals surface area (Å²) in [6.07, 6.45) is 0. The Labute approximate surface area is 171 Å². The molecule has 7 heteroatoms. The van der Waals surface area contributed by atoms with E-state index in [4.69, 9.17) is 14.2 Å². The number of rotatable bonds is 8. The number of anilines is 3. The van der Waals surface area contributed by atoms with E-state index in [1.165, 1.54) is 11.1 Å². The first kappa shape index (κ1) is 20.3. The van der Waals surface area contributed by atoms with Crippen LogP contribution in [0.4, 0.5) is 17.5 Å². The fourth-order valence-electron chi connectivity index (χ4n) is 2.90. The second-order valence-corrected chi connectivity index (χ2v) is 6.60. The minimum Gasteiger partial charge on any atom is -0.493 e. The molecule has 0 unspecified atom stereocenters. The van der Waals surface area contributed by atoms with Gasteiger partial charge in [-0.3, -0.25) is 0 Å². The van der Waals surface area contributed by atoms with Gasteiger partial charge in [0.05, 0.1) is 21.3 Å². The fourth-order valence-corrected chi connectivity index (χ4v) is 2.90. The van der Waals surface area contributed by atoms with Crippen molar-refractivity contribution in [1.82, 2.24) is 9.97 Å². The zero-order valence-corrected chi connectivity index (χ0v) is 17.4. The van der Waals surface area contributed by atoms with Gasteiger partial charge in [-0.2, -0.15) is 4.98 Å². The fraction of sp³-hybridized carbons (Fsp3) is 0.273. The summed E-state index contributed by atoms with van der Waals surface area (Å²) in [6.45, 7) is 4.69. The molecule has 2 aromatic carbocycles. The average molecular weight is 394 g/mol. The lowest BCUT2D eigenvalue weighted by atomic mass is 10.1. The van der Waals surface area contributed by atoms with Crippen LogP contribution in [0.25, 0.3) is 0 Å². The smallest absolute Gasteiger partial charge is 0.229 e. The number of aryl methyl sites for hydroxylation is 2. The molecule has 0 saturated carbocycles. The van der Waals surface area contributed by atoms with Gasteiger partial charge in [-0.1, -0.05) is 29.8 Å². The predicted molar refractivity (Wildman–Crippen MR) is 115 cm³/mol. The number of aromatic nitrogens is 2. The summed E-state index contributed by atoms with van der Waals surface area (Å²) in [5, 5.41) is 6.56. The van der Waals surface area contributed by atoms with Crippen molar-refractivity contribution in [1.29, 1.82) is 0 Å². The summed E-state index contributed by atoms with van der Waals surface area (Å²) in [5.41, 5.74) is 4.00. The predicted octanol–water partition coefficient (Wildman–Crippen LogP) is 4.47. The Bertz CT molecular complexity index is 949. The first-order chi connectivity index (χ1) is 14.0. The van der Waals surface area contributed by atoms with Gasteiger partial charge in [0.15, 0.2) is 11.5 Å². The van der Waals surface area contributed by atoms with Crippen molar-refractivity contribution in [3.05, 3.63) is 59.3 Å². The summed E-state index contributed by atoms with van der Waals surface area (Å²) in [6, 6.07) is 13.9. The van der Waals surface area contributed by atoms with Crippen LogP contribution in [-0.4, -0.2) is 31.3 Å². The van der Waals surface area contributed by atoms with Crippen LogP contribution in [0.3, 0.4) is 0 Å². The minimum atomic E-state index is 0.477. The van der Waals surface area contributed by atoms with E-state index in [1.54, 1.807) is 21.3 Å². The lowest BCUT2D eigenvalue weighted by Gasteiger charge is -2.15. The van der Waals surface area contributed by atoms with Crippen molar-refractivity contribution in [2.45, 2.75) is 20.4 Å². The van der Waals surface area contributed by atoms with Crippen LogP contribution >= 0.6 is 0 Å². The maximum absolute atomic E-state index is 5.40. The van der Waals surface area contributed by atoms with Crippen molar-refractivity contribution in [2.24, 2.45) is 0 Å². The maximum Gasteiger partial charge on any atom is 0.229 e. The highest BCUT2D eigenvalue weighted by Gasteiger charge is 2.14. The Balaban J connectivity index is 1.80. The summed E-state index contributed by atoms with van der Waals surface area (Å²) in [5.74, 6) is 2.87. The molecule has 0 atom stereocenters. The molecule has 1 aromatic heterocycles. The van der Waals surface area contributed by atoms with Crippen LogP contribution in [0.2, 0.25) is 0 Å². The van der Waals surface area contributed by atoms with Crippen molar-refractivity contribution in [3.63, 3.8) is 0 Å². The Kier molecular flexibility index (Phi) is 6.39. The van der Waals surface area contributed by atoms with Crippen LogP contribution in [0.15, 0.2) is 42.5 Å². The van der Waals surface area contributed by atoms with Crippen molar-refractivity contribution >= 4 is 17.5 Å². The number of nitrogens with zero attached hydrogens (tertiary/aromatic N) is 2. The molecule has 3 aromatic rings. The molecule has 7 nitrogen and oxygen atoms in total. The molecule has 29 heavy (non-hydrogen) atoms. The van der Waals surface area contributed by atoms with E-state index in [1.807, 2.05) is 25.1 Å². The van der Waals surface area contributed by atoms with E-state index in [0.29, 0.717) is 29.7 Å². The van der Waals surface area contributed by atoms with Crippen LogP contribution in [0, 0.1) is 13.8 Å². The number of benzene rings is 2. The zero-order chi connectivity index (χ0) is 20.8. The molecule has 152 valence electrons. The first-order valence-corrected chi connectivity index (χ1v) is 9.24. The lowest BCUT2D eigenvalue weighted by Crippen LogP contribution is -2.06. The highest BCUT2D eigenvalue weighted by Crippen LogP contribution is 2.40. The van der Waals surface area contributed by atoms with Gasteiger partial charge < -0.3 is 24.8 Å². The van der Waals surface area contributed by atoms with Gasteiger partial charge in [-0.05, 0) is 19.4 Å². The lowest BCUT2D eigenvalue weighted by molar-refractivity contribution is 0.324. The molecular formula is C22H26N4O3. The van der Waals surface area contributed by atoms with E-state index in [0.717, 1.165) is 17.2 Å². The third-order valence-electron chi connectivity index (χ3n) is 4.37. The minimum absolute atomic E-state index is 0.477. The monoisotopic (exact) mass is 394 g/mol. The molecule has 0 spiro atoms. The third kappa shape index (κ3) is 5.07. The topological polar surface area (TPSA) is 77.5 Å². The highest BCUT2D eigenvalue weighted by atomic mass is 16.5. The molecule has 0 fully saturated rings. The normalized spacial score (nSPS) is 10.4. The molecule has 0 saturated heterocycles. The van der Waals surface area contributed by atoms with Gasteiger partial charge >= 0.3 is 0 Å². The maximum atomic E-state index is 5.40. The van der Waals surface area contributed by atoms with Gasteiger partial charge in [-0.15, -0.1) is 0 Å². The van der Waals surface area contributed by atoms with Gasteiger partial charge in [0.25, 0.3) is 0 Å². The van der Waals surface area contributed by atoms with Crippen molar-refractivity contribution in [2.75, 3.05) is 32.0 Å². The zero-order valence-electron chi connectivity index (χ0n) is 17.4. The van der Waals surface area contributed by atoms with Gasteiger partial charge in [0.2, 0.25) is 11.7 Å². The van der Waals surface area contributed by atoms with Gasteiger partial charge in [0, 0.05) is 36.1 Å². The van der Waals surface area contributed by atoms with Gasteiger partial charge in [0.1, 0.15) is 5.82 Å². The van der Waals surface area contributed by atoms with E-state index in [-0.39, 0.29) is 0 Å². The molecule has 0 aliphatic rings. The summed E-state index contributed by atoms with van der Waals surface area (Å²) in [7, 11) is 4.73. The van der Waals surface area contributed by atoms with Crippen molar-refractivity contribution in [3.8, 4) is 17.2 Å². The van der Waals surface area contributed by atoms with Crippen LogP contribution in [-0.2, 0) is 6.54 Å². The molecule has 3 rings (SSSR count). The molecule has 0 aliphatic heterocycles. The second-order valence-electron chi connectivity index (χ2n) is 6.60. The van der Waals surface area contributed by atoms with E-state index in [9.17, 15) is 0 Å². The van der Waals surface area contributed by atoms with Crippen LogP contribution in [0.1, 0.15) is 16.8 Å². The van der Waals surface area contributed by atoms with E-state index < -0.39 is 0 Å². The van der Waals surface area contributed by atoms with E-state index in [2.05, 4.69) is 51.8 Å². The van der Waals surface area contributed by atoms with Crippen molar-refractivity contribution < 1.29 is 14.2 Å². The largest absolute Gasteiger partial charge is 0.493 e. The second kappa shape index (κ2) is 9.14. The molecular weight excluding hydrogens is 368 g/mol. The number of ether oxygens (including phenoxy) is 3. The molecule has 0 radical (unpaired) electrons. The SMILES string of the molecule is COc1cc(Nc2nc(C)cc(NCc3ccc(C)cc3)n2)cc(OC)c1OC. The average Bonchev–Trinajstić information content (AvgIpc) is 2.72. The molecule has 0 aliphatic carbocycles. The Morgan fingerprint density at radius 3 is 2.07 bits per heavy atom. The number of methoxy groups -OCH3 is 3. The van der Waals surface area contributed by atoms with Gasteiger partial charge in [-0.25, -0.2) is 4.98 Å². The molecule has 1 heterocycles. The number of nitrogens with one attached hydrogen (secondary N) is 2. The Hall–Kier alpha value is -3.48. The summed E-state index contributed by atoms with van der Waals surface area (Å²) in [4.78, 5) is 9.04.